The highest BCUT2D eigenvalue weighted by molar-refractivity contribution is 6.88. The summed E-state index contributed by atoms with van der Waals surface area (Å²) in [6, 6.07) is 26.4. The molecular formula is C30H40OSi. The number of phenols is 1. The SMILES string of the molecule is CCC(CC(CC(C)c1ccc(C)cc1)c1ccc(O)cc1)c1ccc([Si](C)(C)C)cc1. The van der Waals surface area contributed by atoms with E-state index < -0.39 is 8.07 Å². The maximum atomic E-state index is 9.83. The van der Waals surface area contributed by atoms with Crippen LogP contribution in [-0.2, 0) is 0 Å². The third-order valence-corrected chi connectivity index (χ3v) is 9.02. The number of aryl methyl sites for hydroxylation is 1. The molecule has 0 aliphatic carbocycles. The molecule has 0 bridgehead atoms. The summed E-state index contributed by atoms with van der Waals surface area (Å²) >= 11 is 0. The van der Waals surface area contributed by atoms with Crippen molar-refractivity contribution in [2.24, 2.45) is 0 Å². The Morgan fingerprint density at radius 3 is 1.72 bits per heavy atom. The minimum absolute atomic E-state index is 0.341. The van der Waals surface area contributed by atoms with Crippen molar-refractivity contribution in [1.82, 2.24) is 0 Å². The minimum Gasteiger partial charge on any atom is -0.508 e. The van der Waals surface area contributed by atoms with Crippen LogP contribution < -0.4 is 5.19 Å². The van der Waals surface area contributed by atoms with E-state index in [-0.39, 0.29) is 0 Å². The smallest absolute Gasteiger partial charge is 0.115 e. The van der Waals surface area contributed by atoms with Crippen molar-refractivity contribution in [1.29, 1.82) is 0 Å². The Morgan fingerprint density at radius 2 is 1.19 bits per heavy atom. The predicted molar refractivity (Wildman–Crippen MR) is 142 cm³/mol. The van der Waals surface area contributed by atoms with Crippen molar-refractivity contribution in [2.75, 3.05) is 0 Å². The van der Waals surface area contributed by atoms with Crippen molar-refractivity contribution < 1.29 is 5.11 Å². The van der Waals surface area contributed by atoms with Crippen LogP contribution in [0.2, 0.25) is 19.6 Å². The van der Waals surface area contributed by atoms with Gasteiger partial charge in [-0.15, -0.1) is 0 Å². The van der Waals surface area contributed by atoms with Gasteiger partial charge in [0.1, 0.15) is 5.75 Å². The van der Waals surface area contributed by atoms with Gasteiger partial charge in [-0.3, -0.25) is 0 Å². The number of hydrogen-bond acceptors (Lipinski definition) is 1. The first-order valence-corrected chi connectivity index (χ1v) is 15.6. The van der Waals surface area contributed by atoms with Crippen LogP contribution in [-0.4, -0.2) is 13.2 Å². The van der Waals surface area contributed by atoms with E-state index in [0.717, 1.165) is 19.3 Å². The lowest BCUT2D eigenvalue weighted by molar-refractivity contribution is 0.462. The highest BCUT2D eigenvalue weighted by Gasteiger charge is 2.23. The second-order valence-electron chi connectivity index (χ2n) is 10.5. The van der Waals surface area contributed by atoms with E-state index in [9.17, 15) is 5.11 Å². The van der Waals surface area contributed by atoms with Crippen LogP contribution >= 0.6 is 0 Å². The van der Waals surface area contributed by atoms with Crippen LogP contribution in [0.25, 0.3) is 0 Å². The largest absolute Gasteiger partial charge is 0.508 e. The minimum atomic E-state index is -1.28. The summed E-state index contributed by atoms with van der Waals surface area (Å²) in [6.07, 6.45) is 3.38. The molecule has 0 aliphatic heterocycles. The van der Waals surface area contributed by atoms with Crippen LogP contribution in [0.4, 0.5) is 0 Å². The van der Waals surface area contributed by atoms with Crippen molar-refractivity contribution in [3.63, 3.8) is 0 Å². The van der Waals surface area contributed by atoms with Gasteiger partial charge in [-0.05, 0) is 72.8 Å². The zero-order chi connectivity index (χ0) is 23.3. The summed E-state index contributed by atoms with van der Waals surface area (Å²) in [7, 11) is -1.28. The highest BCUT2D eigenvalue weighted by atomic mass is 28.3. The quantitative estimate of drug-likeness (QED) is 0.330. The molecule has 0 saturated heterocycles. The predicted octanol–water partition coefficient (Wildman–Crippen LogP) is 8.11. The molecule has 3 atom stereocenters. The fraction of sp³-hybridized carbons (Fsp3) is 0.400. The summed E-state index contributed by atoms with van der Waals surface area (Å²) in [5, 5.41) is 11.4. The van der Waals surface area contributed by atoms with Crippen molar-refractivity contribution in [2.45, 2.75) is 77.4 Å². The molecule has 0 spiro atoms. The molecule has 0 saturated carbocycles. The van der Waals surface area contributed by atoms with E-state index >= 15 is 0 Å². The average molecular weight is 445 g/mol. The molecule has 0 radical (unpaired) electrons. The molecule has 0 fully saturated rings. The summed E-state index contributed by atoms with van der Waals surface area (Å²) < 4.78 is 0. The van der Waals surface area contributed by atoms with Crippen LogP contribution in [0.15, 0.2) is 72.8 Å². The molecule has 0 aliphatic rings. The molecule has 32 heavy (non-hydrogen) atoms. The van der Waals surface area contributed by atoms with Gasteiger partial charge in [0, 0.05) is 0 Å². The Morgan fingerprint density at radius 1 is 0.688 bits per heavy atom. The van der Waals surface area contributed by atoms with Crippen molar-refractivity contribution >= 4 is 13.3 Å². The number of rotatable bonds is 9. The van der Waals surface area contributed by atoms with Gasteiger partial charge in [0.2, 0.25) is 0 Å². The van der Waals surface area contributed by atoms with E-state index in [2.05, 4.69) is 101 Å². The van der Waals surface area contributed by atoms with Gasteiger partial charge >= 0.3 is 0 Å². The molecule has 1 N–H and O–H groups in total. The Balaban J connectivity index is 1.84. The first kappa shape index (κ1) is 24.3. The normalized spacial score (nSPS) is 14.7. The summed E-state index contributed by atoms with van der Waals surface area (Å²) in [4.78, 5) is 0. The van der Waals surface area contributed by atoms with Gasteiger partial charge in [0.25, 0.3) is 0 Å². The van der Waals surface area contributed by atoms with Crippen LogP contribution in [0.3, 0.4) is 0 Å². The second-order valence-corrected chi connectivity index (χ2v) is 15.6. The molecule has 1 nitrogen and oxygen atoms in total. The van der Waals surface area contributed by atoms with Gasteiger partial charge < -0.3 is 5.11 Å². The van der Waals surface area contributed by atoms with E-state index in [1.807, 2.05) is 12.1 Å². The number of phenolic OH excluding ortho intramolecular Hbond substituents is 1. The lowest BCUT2D eigenvalue weighted by atomic mass is 9.78. The van der Waals surface area contributed by atoms with E-state index in [1.54, 1.807) is 0 Å². The van der Waals surface area contributed by atoms with E-state index in [1.165, 1.54) is 27.4 Å². The Labute approximate surface area is 196 Å². The molecule has 3 aromatic carbocycles. The third kappa shape index (κ3) is 6.35. The Hall–Kier alpha value is -2.32. The topological polar surface area (TPSA) is 20.2 Å². The summed E-state index contributed by atoms with van der Waals surface area (Å²) in [5.41, 5.74) is 5.51. The molecule has 0 heterocycles. The molecular weight excluding hydrogens is 404 g/mol. The second kappa shape index (κ2) is 10.5. The molecule has 2 heteroatoms. The Bertz CT molecular complexity index is 965. The van der Waals surface area contributed by atoms with Crippen molar-refractivity contribution in [3.8, 4) is 5.75 Å². The van der Waals surface area contributed by atoms with Crippen LogP contribution in [0.1, 0.15) is 73.1 Å². The number of hydrogen-bond donors (Lipinski definition) is 1. The molecule has 3 aromatic rings. The van der Waals surface area contributed by atoms with Gasteiger partial charge in [-0.1, -0.05) is 105 Å². The lowest BCUT2D eigenvalue weighted by Gasteiger charge is -2.27. The molecule has 0 aromatic heterocycles. The first-order valence-electron chi connectivity index (χ1n) is 12.1. The number of benzene rings is 3. The van der Waals surface area contributed by atoms with E-state index in [4.69, 9.17) is 0 Å². The molecule has 170 valence electrons. The molecule has 3 rings (SSSR count). The maximum absolute atomic E-state index is 9.83. The highest BCUT2D eigenvalue weighted by Crippen LogP contribution is 2.38. The standard InChI is InChI=1S/C30H40OSi/c1-7-24(26-14-18-30(19-15-26)32(4,5)6)21-28(27-12-16-29(31)17-13-27)20-23(3)25-10-8-22(2)9-11-25/h8-19,23-24,28,31H,7,20-21H2,1-6H3. The first-order chi connectivity index (χ1) is 15.2. The third-order valence-electron chi connectivity index (χ3n) is 6.96. The zero-order valence-corrected chi connectivity index (χ0v) is 21.7. The molecule has 0 amide bonds. The molecule has 3 unspecified atom stereocenters. The fourth-order valence-corrected chi connectivity index (χ4v) is 5.88. The maximum Gasteiger partial charge on any atom is 0.115 e. The van der Waals surface area contributed by atoms with Crippen LogP contribution in [0, 0.1) is 6.92 Å². The van der Waals surface area contributed by atoms with Gasteiger partial charge in [-0.25, -0.2) is 0 Å². The van der Waals surface area contributed by atoms with Crippen LogP contribution in [0.5, 0.6) is 5.75 Å². The Kier molecular flexibility index (Phi) is 8.00. The van der Waals surface area contributed by atoms with Gasteiger partial charge in [0.15, 0.2) is 0 Å². The lowest BCUT2D eigenvalue weighted by Crippen LogP contribution is -2.37. The van der Waals surface area contributed by atoms with Gasteiger partial charge in [0.05, 0.1) is 8.07 Å². The van der Waals surface area contributed by atoms with Crippen molar-refractivity contribution in [3.05, 3.63) is 95.1 Å². The summed E-state index contributed by atoms with van der Waals surface area (Å²) in [5.74, 6) is 1.82. The van der Waals surface area contributed by atoms with E-state index in [0.29, 0.717) is 23.5 Å². The number of aromatic hydroxyl groups is 1. The summed E-state index contributed by atoms with van der Waals surface area (Å²) in [6.45, 7) is 14.0. The monoisotopic (exact) mass is 444 g/mol. The average Bonchev–Trinajstić information content (AvgIpc) is 2.77. The zero-order valence-electron chi connectivity index (χ0n) is 20.7. The fourth-order valence-electron chi connectivity index (χ4n) is 4.71. The van der Waals surface area contributed by atoms with Gasteiger partial charge in [-0.2, -0.15) is 0 Å².